The SMILES string of the molecule is O=C(OC(C(=O)Nc1ccc(F)cc1)c1ccccc1)c1cccnc1Cl. The van der Waals surface area contributed by atoms with Crippen LogP contribution in [0.4, 0.5) is 10.1 Å². The first-order chi connectivity index (χ1) is 13.0. The summed E-state index contributed by atoms with van der Waals surface area (Å²) in [6.07, 6.45) is 0.217. The molecule has 1 atom stereocenters. The predicted octanol–water partition coefficient (Wildman–Crippen LogP) is 4.41. The molecule has 0 aliphatic rings. The summed E-state index contributed by atoms with van der Waals surface area (Å²) in [5.41, 5.74) is 0.901. The number of anilines is 1. The fourth-order valence-electron chi connectivity index (χ4n) is 2.35. The normalized spacial score (nSPS) is 11.5. The van der Waals surface area contributed by atoms with Crippen molar-refractivity contribution in [2.45, 2.75) is 6.10 Å². The number of esters is 1. The van der Waals surface area contributed by atoms with Crippen LogP contribution in [0.2, 0.25) is 5.15 Å². The van der Waals surface area contributed by atoms with Crippen LogP contribution >= 0.6 is 11.6 Å². The quantitative estimate of drug-likeness (QED) is 0.522. The Kier molecular flexibility index (Phi) is 5.78. The number of hydrogen-bond acceptors (Lipinski definition) is 4. The van der Waals surface area contributed by atoms with E-state index in [1.807, 2.05) is 0 Å². The lowest BCUT2D eigenvalue weighted by Gasteiger charge is -2.18. The third kappa shape index (κ3) is 4.68. The summed E-state index contributed by atoms with van der Waals surface area (Å²) in [7, 11) is 0. The van der Waals surface area contributed by atoms with Gasteiger partial charge in [0, 0.05) is 17.4 Å². The standard InChI is InChI=1S/C20H14ClFN2O3/c21-18-16(7-4-12-23-18)20(26)27-17(13-5-2-1-3-6-13)19(25)24-15-10-8-14(22)9-11-15/h1-12,17H,(H,24,25). The van der Waals surface area contributed by atoms with Crippen molar-refractivity contribution in [2.24, 2.45) is 0 Å². The van der Waals surface area contributed by atoms with Gasteiger partial charge in [-0.3, -0.25) is 4.79 Å². The molecule has 3 aromatic rings. The molecule has 1 heterocycles. The number of amides is 1. The molecule has 1 amide bonds. The van der Waals surface area contributed by atoms with Crippen LogP contribution < -0.4 is 5.32 Å². The minimum atomic E-state index is -1.22. The van der Waals surface area contributed by atoms with Crippen LogP contribution in [-0.4, -0.2) is 16.9 Å². The van der Waals surface area contributed by atoms with Gasteiger partial charge in [0.25, 0.3) is 5.91 Å². The van der Waals surface area contributed by atoms with Crippen molar-refractivity contribution in [3.63, 3.8) is 0 Å². The molecule has 1 unspecified atom stereocenters. The Morgan fingerprint density at radius 1 is 1.00 bits per heavy atom. The summed E-state index contributed by atoms with van der Waals surface area (Å²) >= 11 is 5.92. The van der Waals surface area contributed by atoms with E-state index in [1.54, 1.807) is 36.4 Å². The molecule has 0 radical (unpaired) electrons. The maximum Gasteiger partial charge on any atom is 0.342 e. The Morgan fingerprint density at radius 3 is 2.37 bits per heavy atom. The van der Waals surface area contributed by atoms with Crippen LogP contribution in [0.25, 0.3) is 0 Å². The topological polar surface area (TPSA) is 68.3 Å². The summed E-state index contributed by atoms with van der Waals surface area (Å²) in [6.45, 7) is 0. The molecule has 136 valence electrons. The third-order valence-corrected chi connectivity index (χ3v) is 3.96. The highest BCUT2D eigenvalue weighted by Gasteiger charge is 2.26. The fraction of sp³-hybridized carbons (Fsp3) is 0.0500. The lowest BCUT2D eigenvalue weighted by Crippen LogP contribution is -2.26. The molecule has 7 heteroatoms. The van der Waals surface area contributed by atoms with Crippen LogP contribution in [0.3, 0.4) is 0 Å². The molecule has 0 saturated carbocycles. The third-order valence-electron chi connectivity index (χ3n) is 3.66. The van der Waals surface area contributed by atoms with E-state index in [1.165, 1.54) is 36.5 Å². The minimum Gasteiger partial charge on any atom is -0.444 e. The molecule has 0 saturated heterocycles. The Balaban J connectivity index is 1.85. The molecule has 3 rings (SSSR count). The van der Waals surface area contributed by atoms with E-state index in [9.17, 15) is 14.0 Å². The van der Waals surface area contributed by atoms with E-state index in [0.29, 0.717) is 11.3 Å². The Bertz CT molecular complexity index is 949. The highest BCUT2D eigenvalue weighted by molar-refractivity contribution is 6.32. The van der Waals surface area contributed by atoms with Crippen LogP contribution in [0, 0.1) is 5.82 Å². The molecule has 5 nitrogen and oxygen atoms in total. The lowest BCUT2D eigenvalue weighted by molar-refractivity contribution is -0.125. The number of ether oxygens (including phenoxy) is 1. The number of carbonyl (C=O) groups is 2. The number of hydrogen-bond donors (Lipinski definition) is 1. The van der Waals surface area contributed by atoms with Gasteiger partial charge in [0.2, 0.25) is 6.10 Å². The van der Waals surface area contributed by atoms with Crippen LogP contribution in [0.5, 0.6) is 0 Å². The first kappa shape index (κ1) is 18.5. The van der Waals surface area contributed by atoms with E-state index in [0.717, 1.165) is 0 Å². The number of nitrogens with one attached hydrogen (secondary N) is 1. The average molecular weight is 385 g/mol. The first-order valence-corrected chi connectivity index (χ1v) is 8.35. The van der Waals surface area contributed by atoms with Crippen molar-refractivity contribution in [2.75, 3.05) is 5.32 Å². The molecule has 0 fully saturated rings. The fourth-order valence-corrected chi connectivity index (χ4v) is 2.55. The monoisotopic (exact) mass is 384 g/mol. The molecule has 27 heavy (non-hydrogen) atoms. The number of halogens is 2. The second-order valence-corrected chi connectivity index (χ2v) is 5.89. The highest BCUT2D eigenvalue weighted by atomic mass is 35.5. The molecule has 0 bridgehead atoms. The minimum absolute atomic E-state index is 0.0201. The summed E-state index contributed by atoms with van der Waals surface area (Å²) in [5, 5.41) is 2.59. The van der Waals surface area contributed by atoms with E-state index >= 15 is 0 Å². The Hall–Kier alpha value is -3.25. The van der Waals surface area contributed by atoms with Gasteiger partial charge in [-0.2, -0.15) is 0 Å². The summed E-state index contributed by atoms with van der Waals surface area (Å²) in [4.78, 5) is 29.0. The molecule has 1 N–H and O–H groups in total. The van der Waals surface area contributed by atoms with Crippen LogP contribution in [0.1, 0.15) is 22.0 Å². The van der Waals surface area contributed by atoms with Crippen LogP contribution in [0.15, 0.2) is 72.9 Å². The van der Waals surface area contributed by atoms with Gasteiger partial charge in [-0.05, 0) is 36.4 Å². The number of benzene rings is 2. The number of rotatable bonds is 5. The average Bonchev–Trinajstić information content (AvgIpc) is 2.68. The van der Waals surface area contributed by atoms with E-state index < -0.39 is 23.8 Å². The smallest absolute Gasteiger partial charge is 0.342 e. The van der Waals surface area contributed by atoms with Crippen molar-refractivity contribution in [3.05, 3.63) is 95.0 Å². The van der Waals surface area contributed by atoms with Crippen LogP contribution in [-0.2, 0) is 9.53 Å². The van der Waals surface area contributed by atoms with E-state index in [4.69, 9.17) is 16.3 Å². The van der Waals surface area contributed by atoms with Gasteiger partial charge >= 0.3 is 5.97 Å². The zero-order valence-corrected chi connectivity index (χ0v) is 14.7. The molecule has 2 aromatic carbocycles. The van der Waals surface area contributed by atoms with Gasteiger partial charge in [-0.15, -0.1) is 0 Å². The molecular weight excluding hydrogens is 371 g/mol. The summed E-state index contributed by atoms with van der Waals surface area (Å²) < 4.78 is 18.5. The molecule has 0 spiro atoms. The Morgan fingerprint density at radius 2 is 1.70 bits per heavy atom. The number of pyridine rings is 1. The molecular formula is C20H14ClFN2O3. The van der Waals surface area contributed by atoms with Gasteiger partial charge in [0.1, 0.15) is 11.0 Å². The number of nitrogens with zero attached hydrogens (tertiary/aromatic N) is 1. The second kappa shape index (κ2) is 8.42. The first-order valence-electron chi connectivity index (χ1n) is 7.97. The van der Waals surface area contributed by atoms with Gasteiger partial charge < -0.3 is 10.1 Å². The van der Waals surface area contributed by atoms with E-state index in [2.05, 4.69) is 10.3 Å². The number of carbonyl (C=O) groups excluding carboxylic acids is 2. The molecule has 0 aliphatic heterocycles. The number of aromatic nitrogens is 1. The van der Waals surface area contributed by atoms with Gasteiger partial charge in [-0.1, -0.05) is 41.9 Å². The van der Waals surface area contributed by atoms with Gasteiger partial charge in [0.05, 0.1) is 5.56 Å². The maximum absolute atomic E-state index is 13.0. The summed E-state index contributed by atoms with van der Waals surface area (Å²) in [6, 6.07) is 16.8. The Labute approximate surface area is 159 Å². The van der Waals surface area contributed by atoms with Crippen molar-refractivity contribution in [3.8, 4) is 0 Å². The molecule has 0 aliphatic carbocycles. The lowest BCUT2D eigenvalue weighted by atomic mass is 10.1. The predicted molar refractivity (Wildman–Crippen MR) is 98.9 cm³/mol. The van der Waals surface area contributed by atoms with Crippen molar-refractivity contribution in [1.29, 1.82) is 0 Å². The van der Waals surface area contributed by atoms with Crippen molar-refractivity contribution in [1.82, 2.24) is 4.98 Å². The maximum atomic E-state index is 13.0. The van der Waals surface area contributed by atoms with E-state index in [-0.39, 0.29) is 10.7 Å². The highest BCUT2D eigenvalue weighted by Crippen LogP contribution is 2.23. The van der Waals surface area contributed by atoms with Crippen molar-refractivity contribution >= 4 is 29.2 Å². The van der Waals surface area contributed by atoms with Gasteiger partial charge in [0.15, 0.2) is 0 Å². The second-order valence-electron chi connectivity index (χ2n) is 5.53. The zero-order chi connectivity index (χ0) is 19.2. The molecule has 1 aromatic heterocycles. The van der Waals surface area contributed by atoms with Crippen molar-refractivity contribution < 1.29 is 18.7 Å². The van der Waals surface area contributed by atoms with Gasteiger partial charge in [-0.25, -0.2) is 14.2 Å². The summed E-state index contributed by atoms with van der Waals surface area (Å²) in [5.74, 6) is -1.79. The zero-order valence-electron chi connectivity index (χ0n) is 13.9. The largest absolute Gasteiger partial charge is 0.444 e.